The van der Waals surface area contributed by atoms with Crippen LogP contribution in [0.3, 0.4) is 0 Å². The van der Waals surface area contributed by atoms with E-state index in [0.717, 1.165) is 12.3 Å². The van der Waals surface area contributed by atoms with Crippen molar-refractivity contribution in [3.05, 3.63) is 17.7 Å². The van der Waals surface area contributed by atoms with Crippen LogP contribution in [0.15, 0.2) is 6.33 Å². The van der Waals surface area contributed by atoms with Crippen molar-refractivity contribution in [2.45, 2.75) is 32.1 Å². The molecule has 0 spiro atoms. The molecule has 1 saturated carbocycles. The highest BCUT2D eigenvalue weighted by molar-refractivity contribution is 5.21. The molecule has 1 aromatic heterocycles. The molecule has 2 heteroatoms. The molecule has 60 valence electrons. The molecule has 0 saturated heterocycles. The molecule has 11 heavy (non-hydrogen) atoms. The summed E-state index contributed by atoms with van der Waals surface area (Å²) >= 11 is 0. The van der Waals surface area contributed by atoms with E-state index in [1.165, 1.54) is 24.2 Å². The normalized spacial score (nSPS) is 17.3. The molecular weight excluding hydrogens is 136 g/mol. The summed E-state index contributed by atoms with van der Waals surface area (Å²) in [6.45, 7) is 2.20. The van der Waals surface area contributed by atoms with Gasteiger partial charge in [-0.2, -0.15) is 0 Å². The monoisotopic (exact) mass is 150 g/mol. The molecule has 0 radical (unpaired) electrons. The number of aromatic nitrogens is 2. The number of rotatable bonds is 2. The quantitative estimate of drug-likeness (QED) is 0.629. The molecule has 0 unspecified atom stereocenters. The molecule has 1 aromatic rings. The first kappa shape index (κ1) is 6.89. The maximum Gasteiger partial charge on any atom is 0.0949 e. The zero-order valence-electron chi connectivity index (χ0n) is 7.17. The molecular formula is C9H14N2. The Hall–Kier alpha value is -0.790. The molecule has 1 aliphatic carbocycles. The second-order valence-electron chi connectivity index (χ2n) is 3.32. The zero-order valence-corrected chi connectivity index (χ0v) is 7.17. The van der Waals surface area contributed by atoms with Gasteiger partial charge in [0, 0.05) is 18.7 Å². The van der Waals surface area contributed by atoms with E-state index in [2.05, 4.69) is 23.5 Å². The van der Waals surface area contributed by atoms with Crippen molar-refractivity contribution in [3.63, 3.8) is 0 Å². The Labute approximate surface area is 67.3 Å². The molecule has 0 amide bonds. The molecule has 0 atom stereocenters. The van der Waals surface area contributed by atoms with Crippen LogP contribution in [0.4, 0.5) is 0 Å². The first-order valence-electron chi connectivity index (χ1n) is 4.33. The topological polar surface area (TPSA) is 17.8 Å². The summed E-state index contributed by atoms with van der Waals surface area (Å²) in [6.07, 6.45) is 5.75. The highest BCUT2D eigenvalue weighted by atomic mass is 15.0. The van der Waals surface area contributed by atoms with E-state index in [1.54, 1.807) is 0 Å². The summed E-state index contributed by atoms with van der Waals surface area (Å²) < 4.78 is 2.15. The maximum atomic E-state index is 4.41. The summed E-state index contributed by atoms with van der Waals surface area (Å²) in [5.74, 6) is 0.797. The van der Waals surface area contributed by atoms with Crippen LogP contribution in [0, 0.1) is 0 Å². The Balaban J connectivity index is 2.36. The number of aryl methyl sites for hydroxylation is 1. The SMILES string of the molecule is CCc1c(C2CC2)ncn1C. The fourth-order valence-electron chi connectivity index (χ4n) is 1.60. The summed E-state index contributed by atoms with van der Waals surface area (Å²) in [7, 11) is 2.08. The van der Waals surface area contributed by atoms with Gasteiger partial charge in [-0.05, 0) is 19.3 Å². The van der Waals surface area contributed by atoms with E-state index >= 15 is 0 Å². The first-order valence-corrected chi connectivity index (χ1v) is 4.33. The fraction of sp³-hybridized carbons (Fsp3) is 0.667. The van der Waals surface area contributed by atoms with Crippen molar-refractivity contribution in [2.24, 2.45) is 7.05 Å². The lowest BCUT2D eigenvalue weighted by Gasteiger charge is -1.99. The van der Waals surface area contributed by atoms with Crippen molar-refractivity contribution in [3.8, 4) is 0 Å². The van der Waals surface area contributed by atoms with Crippen LogP contribution in [0.25, 0.3) is 0 Å². The Morgan fingerprint density at radius 3 is 2.91 bits per heavy atom. The Morgan fingerprint density at radius 2 is 2.36 bits per heavy atom. The minimum atomic E-state index is 0.797. The number of hydrogen-bond acceptors (Lipinski definition) is 1. The summed E-state index contributed by atoms with van der Waals surface area (Å²) in [6, 6.07) is 0. The predicted octanol–water partition coefficient (Wildman–Crippen LogP) is 1.86. The van der Waals surface area contributed by atoms with Crippen LogP contribution in [0.5, 0.6) is 0 Å². The van der Waals surface area contributed by atoms with Crippen molar-refractivity contribution in [1.82, 2.24) is 9.55 Å². The van der Waals surface area contributed by atoms with Gasteiger partial charge in [0.25, 0.3) is 0 Å². The third-order valence-corrected chi connectivity index (χ3v) is 2.39. The molecule has 1 fully saturated rings. The van der Waals surface area contributed by atoms with E-state index in [4.69, 9.17) is 0 Å². The van der Waals surface area contributed by atoms with Crippen molar-refractivity contribution < 1.29 is 0 Å². The highest BCUT2D eigenvalue weighted by Gasteiger charge is 2.28. The predicted molar refractivity (Wildman–Crippen MR) is 44.6 cm³/mol. The third-order valence-electron chi connectivity index (χ3n) is 2.39. The van der Waals surface area contributed by atoms with E-state index in [1.807, 2.05) is 6.33 Å². The van der Waals surface area contributed by atoms with Crippen LogP contribution in [0.2, 0.25) is 0 Å². The average Bonchev–Trinajstić information content (AvgIpc) is 2.76. The molecule has 1 aliphatic rings. The smallest absolute Gasteiger partial charge is 0.0949 e. The Kier molecular flexibility index (Phi) is 1.48. The van der Waals surface area contributed by atoms with Crippen LogP contribution < -0.4 is 0 Å². The van der Waals surface area contributed by atoms with Gasteiger partial charge >= 0.3 is 0 Å². The molecule has 0 aliphatic heterocycles. The standard InChI is InChI=1S/C9H14N2/c1-3-8-9(7-4-5-7)10-6-11(8)2/h6-7H,3-5H2,1-2H3. The Bertz CT molecular complexity index is 259. The minimum absolute atomic E-state index is 0.797. The van der Waals surface area contributed by atoms with Crippen molar-refractivity contribution in [2.75, 3.05) is 0 Å². The lowest BCUT2D eigenvalue weighted by Crippen LogP contribution is -1.95. The van der Waals surface area contributed by atoms with Crippen molar-refractivity contribution >= 4 is 0 Å². The number of imidazole rings is 1. The highest BCUT2D eigenvalue weighted by Crippen LogP contribution is 2.40. The van der Waals surface area contributed by atoms with Gasteiger partial charge in [-0.15, -0.1) is 0 Å². The van der Waals surface area contributed by atoms with Gasteiger partial charge in [0.15, 0.2) is 0 Å². The van der Waals surface area contributed by atoms with Gasteiger partial charge in [-0.3, -0.25) is 0 Å². The van der Waals surface area contributed by atoms with Gasteiger partial charge in [-0.1, -0.05) is 6.92 Å². The van der Waals surface area contributed by atoms with Gasteiger partial charge < -0.3 is 4.57 Å². The van der Waals surface area contributed by atoms with Crippen LogP contribution in [-0.4, -0.2) is 9.55 Å². The second-order valence-corrected chi connectivity index (χ2v) is 3.32. The number of hydrogen-bond donors (Lipinski definition) is 0. The molecule has 0 N–H and O–H groups in total. The summed E-state index contributed by atoms with van der Waals surface area (Å²) in [4.78, 5) is 4.41. The van der Waals surface area contributed by atoms with Gasteiger partial charge in [-0.25, -0.2) is 4.98 Å². The van der Waals surface area contributed by atoms with E-state index in [-0.39, 0.29) is 0 Å². The summed E-state index contributed by atoms with van der Waals surface area (Å²) in [5, 5.41) is 0. The minimum Gasteiger partial charge on any atom is -0.337 e. The van der Waals surface area contributed by atoms with Crippen molar-refractivity contribution in [1.29, 1.82) is 0 Å². The molecule has 2 rings (SSSR count). The van der Waals surface area contributed by atoms with Gasteiger partial charge in [0.05, 0.1) is 12.0 Å². The van der Waals surface area contributed by atoms with Gasteiger partial charge in [0.2, 0.25) is 0 Å². The van der Waals surface area contributed by atoms with E-state index < -0.39 is 0 Å². The number of nitrogens with zero attached hydrogens (tertiary/aromatic N) is 2. The van der Waals surface area contributed by atoms with Crippen LogP contribution >= 0.6 is 0 Å². The van der Waals surface area contributed by atoms with Crippen LogP contribution in [-0.2, 0) is 13.5 Å². The second kappa shape index (κ2) is 2.36. The lowest BCUT2D eigenvalue weighted by atomic mass is 10.2. The molecule has 0 aromatic carbocycles. The molecule has 2 nitrogen and oxygen atoms in total. The van der Waals surface area contributed by atoms with Gasteiger partial charge in [0.1, 0.15) is 0 Å². The summed E-state index contributed by atoms with van der Waals surface area (Å²) in [5.41, 5.74) is 2.78. The Morgan fingerprint density at radius 1 is 1.64 bits per heavy atom. The fourth-order valence-corrected chi connectivity index (χ4v) is 1.60. The zero-order chi connectivity index (χ0) is 7.84. The van der Waals surface area contributed by atoms with E-state index in [0.29, 0.717) is 0 Å². The molecule has 0 bridgehead atoms. The first-order chi connectivity index (χ1) is 5.33. The molecule has 1 heterocycles. The lowest BCUT2D eigenvalue weighted by molar-refractivity contribution is 0.821. The largest absolute Gasteiger partial charge is 0.337 e. The van der Waals surface area contributed by atoms with Crippen LogP contribution in [0.1, 0.15) is 37.1 Å². The maximum absolute atomic E-state index is 4.41. The average molecular weight is 150 g/mol. The third kappa shape index (κ3) is 1.06. The van der Waals surface area contributed by atoms with E-state index in [9.17, 15) is 0 Å².